The molecule has 0 spiro atoms. The lowest BCUT2D eigenvalue weighted by Crippen LogP contribution is -1.92. The van der Waals surface area contributed by atoms with Gasteiger partial charge in [-0.15, -0.1) is 11.3 Å². The molecule has 228 valence electrons. The van der Waals surface area contributed by atoms with Crippen LogP contribution in [0.25, 0.3) is 97.1 Å². The maximum absolute atomic E-state index is 5.15. The second-order valence-electron chi connectivity index (χ2n) is 12.7. The van der Waals surface area contributed by atoms with E-state index >= 15 is 0 Å². The molecule has 0 amide bonds. The Labute approximate surface area is 288 Å². The topological polar surface area (TPSA) is 12.9 Å². The molecule has 0 fully saturated rings. The van der Waals surface area contributed by atoms with E-state index in [2.05, 4.69) is 176 Å². The van der Waals surface area contributed by atoms with Gasteiger partial charge in [-0.2, -0.15) is 0 Å². The normalized spacial score (nSPS) is 11.7. The molecule has 1 nitrogen and oxygen atoms in total. The number of thiophene rings is 1. The third-order valence-corrected chi connectivity index (χ3v) is 11.1. The quantitative estimate of drug-likeness (QED) is 0.175. The van der Waals surface area contributed by atoms with Crippen molar-refractivity contribution in [1.82, 2.24) is 4.98 Å². The van der Waals surface area contributed by atoms with Gasteiger partial charge >= 0.3 is 0 Å². The van der Waals surface area contributed by atoms with Crippen molar-refractivity contribution in [2.45, 2.75) is 0 Å². The van der Waals surface area contributed by atoms with Crippen LogP contribution in [0.4, 0.5) is 0 Å². The lowest BCUT2D eigenvalue weighted by atomic mass is 9.86. The highest BCUT2D eigenvalue weighted by molar-refractivity contribution is 7.26. The van der Waals surface area contributed by atoms with Gasteiger partial charge in [0.25, 0.3) is 0 Å². The third kappa shape index (κ3) is 4.49. The molecule has 0 bridgehead atoms. The second kappa shape index (κ2) is 11.3. The van der Waals surface area contributed by atoms with Crippen LogP contribution in [0.1, 0.15) is 0 Å². The molecule has 49 heavy (non-hydrogen) atoms. The number of fused-ring (bicyclic) bond motifs is 7. The van der Waals surface area contributed by atoms with Crippen molar-refractivity contribution in [1.29, 1.82) is 0 Å². The van der Waals surface area contributed by atoms with Gasteiger partial charge in [0.15, 0.2) is 0 Å². The fourth-order valence-electron chi connectivity index (χ4n) is 7.68. The molecule has 0 aliphatic rings. The summed E-state index contributed by atoms with van der Waals surface area (Å²) in [6.07, 6.45) is 2.07. The van der Waals surface area contributed by atoms with Crippen molar-refractivity contribution in [3.8, 4) is 44.6 Å². The van der Waals surface area contributed by atoms with Gasteiger partial charge in [-0.3, -0.25) is 4.98 Å². The summed E-state index contributed by atoms with van der Waals surface area (Å²) in [6, 6.07) is 61.5. The molecule has 0 saturated carbocycles. The van der Waals surface area contributed by atoms with E-state index in [4.69, 9.17) is 4.98 Å². The molecular formula is C47H29NS. The number of benzene rings is 8. The number of hydrogen-bond acceptors (Lipinski definition) is 2. The zero-order valence-corrected chi connectivity index (χ0v) is 27.4. The Kier molecular flexibility index (Phi) is 6.43. The molecule has 0 aliphatic carbocycles. The molecule has 0 N–H and O–H groups in total. The van der Waals surface area contributed by atoms with Crippen LogP contribution >= 0.6 is 11.3 Å². The number of pyridine rings is 1. The predicted molar refractivity (Wildman–Crippen MR) is 211 cm³/mol. The van der Waals surface area contributed by atoms with Gasteiger partial charge in [-0.05, 0) is 72.3 Å². The molecule has 8 aromatic carbocycles. The van der Waals surface area contributed by atoms with E-state index in [0.29, 0.717) is 0 Å². The Balaban J connectivity index is 1.12. The molecule has 10 rings (SSSR count). The lowest BCUT2D eigenvalue weighted by Gasteiger charge is -2.18. The van der Waals surface area contributed by atoms with Gasteiger partial charge in [0.2, 0.25) is 0 Å². The maximum atomic E-state index is 5.15. The molecule has 10 aromatic rings. The van der Waals surface area contributed by atoms with Gasteiger partial charge in [0, 0.05) is 37.5 Å². The van der Waals surface area contributed by atoms with E-state index in [-0.39, 0.29) is 0 Å². The molecular weight excluding hydrogens is 611 g/mol. The fourth-order valence-corrected chi connectivity index (χ4v) is 8.92. The Morgan fingerprint density at radius 3 is 1.59 bits per heavy atom. The molecule has 0 aliphatic heterocycles. The zero-order chi connectivity index (χ0) is 32.3. The van der Waals surface area contributed by atoms with Crippen molar-refractivity contribution >= 4 is 63.8 Å². The first-order valence-electron chi connectivity index (χ1n) is 16.7. The minimum atomic E-state index is 0.994. The Hall–Kier alpha value is -6.09. The zero-order valence-electron chi connectivity index (χ0n) is 26.6. The van der Waals surface area contributed by atoms with Crippen LogP contribution in [0.3, 0.4) is 0 Å². The minimum Gasteiger partial charge on any atom is -0.256 e. The number of aromatic nitrogens is 1. The van der Waals surface area contributed by atoms with Gasteiger partial charge < -0.3 is 0 Å². The van der Waals surface area contributed by atoms with Crippen molar-refractivity contribution in [3.05, 3.63) is 176 Å². The molecule has 0 atom stereocenters. The molecule has 0 radical (unpaired) electrons. The summed E-state index contributed by atoms with van der Waals surface area (Å²) in [5.41, 5.74) is 9.46. The summed E-state index contributed by atoms with van der Waals surface area (Å²) in [6.45, 7) is 0. The van der Waals surface area contributed by atoms with Crippen LogP contribution in [-0.4, -0.2) is 4.98 Å². The van der Waals surface area contributed by atoms with Gasteiger partial charge in [-0.1, -0.05) is 158 Å². The van der Waals surface area contributed by atoms with Crippen LogP contribution in [0, 0.1) is 0 Å². The molecule has 2 heteroatoms. The van der Waals surface area contributed by atoms with E-state index in [1.54, 1.807) is 0 Å². The molecule has 0 unspecified atom stereocenters. The average molecular weight is 640 g/mol. The highest BCUT2D eigenvalue weighted by Crippen LogP contribution is 2.45. The van der Waals surface area contributed by atoms with Crippen LogP contribution < -0.4 is 0 Å². The van der Waals surface area contributed by atoms with Crippen LogP contribution in [0.15, 0.2) is 176 Å². The first-order chi connectivity index (χ1) is 24.3. The van der Waals surface area contributed by atoms with E-state index in [1.165, 1.54) is 85.9 Å². The second-order valence-corrected chi connectivity index (χ2v) is 13.7. The van der Waals surface area contributed by atoms with E-state index in [1.807, 2.05) is 11.3 Å². The van der Waals surface area contributed by atoms with Crippen LogP contribution in [-0.2, 0) is 0 Å². The average Bonchev–Trinajstić information content (AvgIpc) is 3.57. The van der Waals surface area contributed by atoms with Crippen molar-refractivity contribution < 1.29 is 0 Å². The van der Waals surface area contributed by atoms with Crippen molar-refractivity contribution in [2.75, 3.05) is 0 Å². The van der Waals surface area contributed by atoms with Crippen LogP contribution in [0.5, 0.6) is 0 Å². The van der Waals surface area contributed by atoms with Crippen molar-refractivity contribution in [2.24, 2.45) is 0 Å². The molecule has 2 aromatic heterocycles. The summed E-state index contributed by atoms with van der Waals surface area (Å²) in [7, 11) is 0. The summed E-state index contributed by atoms with van der Waals surface area (Å²) in [5, 5.41) is 10.2. The first-order valence-corrected chi connectivity index (χ1v) is 17.5. The summed E-state index contributed by atoms with van der Waals surface area (Å²) in [4.78, 5) is 5.15. The largest absolute Gasteiger partial charge is 0.256 e. The van der Waals surface area contributed by atoms with Gasteiger partial charge in [-0.25, -0.2) is 0 Å². The number of rotatable bonds is 4. The minimum absolute atomic E-state index is 0.994. The van der Waals surface area contributed by atoms with E-state index in [0.717, 1.165) is 11.3 Å². The lowest BCUT2D eigenvalue weighted by molar-refractivity contribution is 1.34. The molecule has 0 saturated heterocycles. The first kappa shape index (κ1) is 28.0. The maximum Gasteiger partial charge on any atom is 0.0716 e. The summed E-state index contributed by atoms with van der Waals surface area (Å²) in [5.74, 6) is 0. The number of hydrogen-bond donors (Lipinski definition) is 0. The Morgan fingerprint density at radius 1 is 0.367 bits per heavy atom. The van der Waals surface area contributed by atoms with E-state index < -0.39 is 0 Å². The summed E-state index contributed by atoms with van der Waals surface area (Å²) >= 11 is 1.86. The van der Waals surface area contributed by atoms with E-state index in [9.17, 15) is 0 Å². The Bertz CT molecular complexity index is 2790. The smallest absolute Gasteiger partial charge is 0.0716 e. The van der Waals surface area contributed by atoms with Gasteiger partial charge in [0.1, 0.15) is 0 Å². The third-order valence-electron chi connectivity index (χ3n) is 9.93. The Morgan fingerprint density at radius 2 is 0.918 bits per heavy atom. The van der Waals surface area contributed by atoms with Gasteiger partial charge in [0.05, 0.1) is 5.69 Å². The highest BCUT2D eigenvalue weighted by Gasteiger charge is 2.18. The standard InChI is InChI=1S/C47H29NS/c1-2-11-30(12-3-1)31-21-23-33(24-22-31)44-36-15-6-8-17-38(36)45(39-18-9-7-16-37(39)44)34-25-27-42(48-29-34)40-19-10-20-41-46-35-14-5-4-13-32(35)26-28-43(46)49-47(40)41/h1-29H. The monoisotopic (exact) mass is 639 g/mol. The number of nitrogens with zero attached hydrogens (tertiary/aromatic N) is 1. The highest BCUT2D eigenvalue weighted by atomic mass is 32.1. The SMILES string of the molecule is c1ccc(-c2ccc(-c3c4ccccc4c(-c4ccc(-c5cccc6c5sc5ccc7ccccc7c56)nc4)c4ccccc34)cc2)cc1. The van der Waals surface area contributed by atoms with Crippen LogP contribution in [0.2, 0.25) is 0 Å². The predicted octanol–water partition coefficient (Wildman–Crippen LogP) is 13.6. The molecule has 2 heterocycles. The summed E-state index contributed by atoms with van der Waals surface area (Å²) < 4.78 is 2.60. The van der Waals surface area contributed by atoms with Crippen molar-refractivity contribution in [3.63, 3.8) is 0 Å². The fraction of sp³-hybridized carbons (Fsp3) is 0.